The molecule has 0 aliphatic heterocycles. The predicted octanol–water partition coefficient (Wildman–Crippen LogP) is 2.56. The zero-order valence-corrected chi connectivity index (χ0v) is 10.3. The van der Waals surface area contributed by atoms with Gasteiger partial charge in [0.1, 0.15) is 0 Å². The lowest BCUT2D eigenvalue weighted by atomic mass is 10.0. The van der Waals surface area contributed by atoms with Crippen LogP contribution in [0.5, 0.6) is 0 Å². The van der Waals surface area contributed by atoms with Crippen LogP contribution >= 0.6 is 0 Å². The molecule has 0 atom stereocenters. The van der Waals surface area contributed by atoms with Crippen molar-refractivity contribution in [2.75, 3.05) is 6.61 Å². The van der Waals surface area contributed by atoms with Crippen molar-refractivity contribution in [2.45, 2.75) is 33.1 Å². The number of rotatable bonds is 5. The maximum atomic E-state index is 11.3. The number of nitrogens with zero attached hydrogens (tertiary/aromatic N) is 1. The third-order valence-electron chi connectivity index (χ3n) is 2.57. The first-order valence-electron chi connectivity index (χ1n) is 5.78. The molecule has 1 aromatic rings. The van der Waals surface area contributed by atoms with Crippen LogP contribution in [0.25, 0.3) is 0 Å². The fourth-order valence-corrected chi connectivity index (χ4v) is 1.72. The van der Waals surface area contributed by atoms with E-state index in [1.165, 1.54) is 5.56 Å². The molecule has 0 aliphatic carbocycles. The molecular weight excluding hydrogens is 214 g/mol. The van der Waals surface area contributed by atoms with Crippen molar-refractivity contribution >= 4 is 5.97 Å². The molecule has 0 amide bonds. The highest BCUT2D eigenvalue weighted by Crippen LogP contribution is 2.13. The number of carbonyl (C=O) groups excluding carboxylic acids is 1. The van der Waals surface area contributed by atoms with Gasteiger partial charge in [0, 0.05) is 6.42 Å². The van der Waals surface area contributed by atoms with E-state index in [9.17, 15) is 4.79 Å². The highest BCUT2D eigenvalue weighted by atomic mass is 16.5. The third kappa shape index (κ3) is 4.28. The van der Waals surface area contributed by atoms with Gasteiger partial charge in [-0.05, 0) is 37.0 Å². The van der Waals surface area contributed by atoms with Crippen LogP contribution in [0.1, 0.15) is 30.0 Å². The van der Waals surface area contributed by atoms with E-state index in [0.717, 1.165) is 17.5 Å². The van der Waals surface area contributed by atoms with Crippen molar-refractivity contribution in [3.63, 3.8) is 0 Å². The SMILES string of the molecule is CCOC(=O)Cc1ccc(CCC#N)c(C)c1. The summed E-state index contributed by atoms with van der Waals surface area (Å²) < 4.78 is 4.90. The van der Waals surface area contributed by atoms with Crippen LogP contribution in [-0.4, -0.2) is 12.6 Å². The number of ether oxygens (including phenoxy) is 1. The number of benzene rings is 1. The molecule has 0 unspecified atom stereocenters. The van der Waals surface area contributed by atoms with Crippen molar-refractivity contribution in [3.8, 4) is 6.07 Å². The van der Waals surface area contributed by atoms with Gasteiger partial charge < -0.3 is 4.74 Å². The van der Waals surface area contributed by atoms with E-state index in [0.29, 0.717) is 19.4 Å². The second kappa shape index (κ2) is 6.70. The zero-order valence-electron chi connectivity index (χ0n) is 10.3. The van der Waals surface area contributed by atoms with Crippen molar-refractivity contribution in [1.29, 1.82) is 5.26 Å². The molecule has 0 aliphatic rings. The predicted molar refractivity (Wildman–Crippen MR) is 65.5 cm³/mol. The van der Waals surface area contributed by atoms with E-state index in [-0.39, 0.29) is 5.97 Å². The van der Waals surface area contributed by atoms with E-state index >= 15 is 0 Å². The molecule has 0 aromatic heterocycles. The second-order valence-corrected chi connectivity index (χ2v) is 3.90. The minimum atomic E-state index is -0.198. The van der Waals surface area contributed by atoms with E-state index in [1.807, 2.05) is 25.1 Å². The van der Waals surface area contributed by atoms with Crippen LogP contribution in [-0.2, 0) is 22.4 Å². The normalized spacial score (nSPS) is 9.71. The standard InChI is InChI=1S/C14H17NO2/c1-3-17-14(16)10-12-6-7-13(5-4-8-15)11(2)9-12/h6-7,9H,3-5,10H2,1-2H3. The Bertz CT molecular complexity index is 432. The van der Waals surface area contributed by atoms with Gasteiger partial charge in [0.25, 0.3) is 0 Å². The number of aryl methyl sites for hydroxylation is 2. The van der Waals surface area contributed by atoms with Crippen LogP contribution in [0.4, 0.5) is 0 Å². The Morgan fingerprint density at radius 3 is 2.82 bits per heavy atom. The summed E-state index contributed by atoms with van der Waals surface area (Å²) in [5, 5.41) is 8.54. The molecule has 0 bridgehead atoms. The number of hydrogen-bond acceptors (Lipinski definition) is 3. The number of carbonyl (C=O) groups is 1. The second-order valence-electron chi connectivity index (χ2n) is 3.90. The summed E-state index contributed by atoms with van der Waals surface area (Å²) in [7, 11) is 0. The minimum absolute atomic E-state index is 0.198. The fraction of sp³-hybridized carbons (Fsp3) is 0.429. The molecule has 0 N–H and O–H groups in total. The Balaban J connectivity index is 2.68. The fourth-order valence-electron chi connectivity index (χ4n) is 1.72. The average molecular weight is 231 g/mol. The molecule has 3 heteroatoms. The summed E-state index contributed by atoms with van der Waals surface area (Å²) in [6.45, 7) is 4.22. The summed E-state index contributed by atoms with van der Waals surface area (Å²) in [5.74, 6) is -0.198. The lowest BCUT2D eigenvalue weighted by Crippen LogP contribution is -2.07. The van der Waals surface area contributed by atoms with Gasteiger partial charge in [0.2, 0.25) is 0 Å². The third-order valence-corrected chi connectivity index (χ3v) is 2.57. The maximum absolute atomic E-state index is 11.3. The maximum Gasteiger partial charge on any atom is 0.310 e. The molecule has 1 rings (SSSR count). The van der Waals surface area contributed by atoms with Gasteiger partial charge in [-0.15, -0.1) is 0 Å². The lowest BCUT2D eigenvalue weighted by Gasteiger charge is -2.07. The molecule has 17 heavy (non-hydrogen) atoms. The molecule has 0 heterocycles. The Kier molecular flexibility index (Phi) is 5.22. The molecule has 0 saturated heterocycles. The van der Waals surface area contributed by atoms with Gasteiger partial charge in [-0.25, -0.2) is 0 Å². The summed E-state index contributed by atoms with van der Waals surface area (Å²) in [5.41, 5.74) is 3.25. The van der Waals surface area contributed by atoms with E-state index < -0.39 is 0 Å². The van der Waals surface area contributed by atoms with Crippen molar-refractivity contribution < 1.29 is 9.53 Å². The first kappa shape index (κ1) is 13.2. The summed E-state index contributed by atoms with van der Waals surface area (Å²) in [4.78, 5) is 11.3. The topological polar surface area (TPSA) is 50.1 Å². The average Bonchev–Trinajstić information content (AvgIpc) is 2.28. The molecular formula is C14H17NO2. The van der Waals surface area contributed by atoms with Crippen LogP contribution in [0.3, 0.4) is 0 Å². The first-order chi connectivity index (χ1) is 8.17. The van der Waals surface area contributed by atoms with Crippen molar-refractivity contribution in [1.82, 2.24) is 0 Å². The van der Waals surface area contributed by atoms with Gasteiger partial charge in [-0.2, -0.15) is 5.26 Å². The summed E-state index contributed by atoms with van der Waals surface area (Å²) in [6, 6.07) is 8.04. The zero-order chi connectivity index (χ0) is 12.7. The van der Waals surface area contributed by atoms with Crippen molar-refractivity contribution in [3.05, 3.63) is 34.9 Å². The summed E-state index contributed by atoms with van der Waals surface area (Å²) >= 11 is 0. The smallest absolute Gasteiger partial charge is 0.310 e. The number of hydrogen-bond donors (Lipinski definition) is 0. The van der Waals surface area contributed by atoms with Crippen molar-refractivity contribution in [2.24, 2.45) is 0 Å². The van der Waals surface area contributed by atoms with Gasteiger partial charge in [-0.3, -0.25) is 4.79 Å². The van der Waals surface area contributed by atoms with Gasteiger partial charge >= 0.3 is 5.97 Å². The van der Waals surface area contributed by atoms with E-state index in [1.54, 1.807) is 6.92 Å². The van der Waals surface area contributed by atoms with Crippen LogP contribution < -0.4 is 0 Å². The monoisotopic (exact) mass is 231 g/mol. The molecule has 0 saturated carbocycles. The Morgan fingerprint density at radius 1 is 1.47 bits per heavy atom. The molecule has 0 spiro atoms. The van der Waals surface area contributed by atoms with Gasteiger partial charge in [0.15, 0.2) is 0 Å². The van der Waals surface area contributed by atoms with Crippen LogP contribution in [0.15, 0.2) is 18.2 Å². The van der Waals surface area contributed by atoms with Crippen LogP contribution in [0.2, 0.25) is 0 Å². The Hall–Kier alpha value is -1.82. The first-order valence-corrected chi connectivity index (χ1v) is 5.78. The largest absolute Gasteiger partial charge is 0.466 e. The molecule has 1 aromatic carbocycles. The van der Waals surface area contributed by atoms with E-state index in [4.69, 9.17) is 10.00 Å². The lowest BCUT2D eigenvalue weighted by molar-refractivity contribution is -0.142. The summed E-state index contributed by atoms with van der Waals surface area (Å²) in [6.07, 6.45) is 1.60. The highest BCUT2D eigenvalue weighted by Gasteiger charge is 2.05. The quantitative estimate of drug-likeness (QED) is 0.732. The molecule has 0 fully saturated rings. The number of nitriles is 1. The van der Waals surface area contributed by atoms with Gasteiger partial charge in [-0.1, -0.05) is 18.2 Å². The molecule has 0 radical (unpaired) electrons. The van der Waals surface area contributed by atoms with Crippen LogP contribution in [0, 0.1) is 18.3 Å². The highest BCUT2D eigenvalue weighted by molar-refractivity contribution is 5.72. The Morgan fingerprint density at radius 2 is 2.24 bits per heavy atom. The molecule has 90 valence electrons. The Labute approximate surface area is 102 Å². The van der Waals surface area contributed by atoms with E-state index in [2.05, 4.69) is 6.07 Å². The number of esters is 1. The molecule has 3 nitrogen and oxygen atoms in total. The van der Waals surface area contributed by atoms with Gasteiger partial charge in [0.05, 0.1) is 19.1 Å². The minimum Gasteiger partial charge on any atom is -0.466 e.